The van der Waals surface area contributed by atoms with Crippen molar-refractivity contribution in [3.63, 3.8) is 0 Å². The summed E-state index contributed by atoms with van der Waals surface area (Å²) in [4.78, 5) is 38.7. The maximum absolute atomic E-state index is 12.8. The Morgan fingerprint density at radius 1 is 0.710 bits per heavy atom. The largest absolute Gasteiger partial charge is 0.366 e. The van der Waals surface area contributed by atoms with Crippen LogP contribution in [0.2, 0.25) is 0 Å². The first kappa shape index (κ1) is 21.6. The second kappa shape index (κ2) is 10.1. The van der Waals surface area contributed by atoms with Crippen LogP contribution < -0.4 is 21.3 Å². The van der Waals surface area contributed by atoms with Gasteiger partial charge in [0.15, 0.2) is 0 Å². The highest BCUT2D eigenvalue weighted by Crippen LogP contribution is 2.20. The number of anilines is 1. The van der Waals surface area contributed by atoms with E-state index in [1.165, 1.54) is 0 Å². The predicted molar refractivity (Wildman–Crippen MR) is 119 cm³/mol. The molecule has 0 unspecified atom stereocenters. The Balaban J connectivity index is 1.89. The number of hydrogen-bond acceptors (Lipinski definition) is 4. The standard InChI is InChI=1S/C24H23N4O3/c1-2-28(20-15-13-17(14-16-20)21(25)29)24(26-22(30)18-9-5-3-6-10-18)27-23(31)19-11-7-4-8-12-19/h3-16H,2H2,1H3,(H2,25,29)(H,26,30)(H,27,31). The van der Waals surface area contributed by atoms with E-state index < -0.39 is 5.91 Å². The molecule has 0 aromatic heterocycles. The first-order chi connectivity index (χ1) is 15.0. The lowest BCUT2D eigenvalue weighted by Crippen LogP contribution is -2.51. The van der Waals surface area contributed by atoms with E-state index in [1.807, 2.05) is 19.1 Å². The van der Waals surface area contributed by atoms with Gasteiger partial charge in [-0.3, -0.25) is 14.4 Å². The number of carbonyl (C=O) groups excluding carboxylic acids is 3. The van der Waals surface area contributed by atoms with Gasteiger partial charge in [-0.25, -0.2) is 0 Å². The maximum atomic E-state index is 12.8. The van der Waals surface area contributed by atoms with Gasteiger partial charge >= 0.3 is 0 Å². The minimum atomic E-state index is -0.534. The van der Waals surface area contributed by atoms with E-state index >= 15 is 0 Å². The summed E-state index contributed by atoms with van der Waals surface area (Å²) < 4.78 is 0. The van der Waals surface area contributed by atoms with Crippen molar-refractivity contribution in [2.24, 2.45) is 5.73 Å². The third kappa shape index (κ3) is 5.48. The fourth-order valence-corrected chi connectivity index (χ4v) is 2.98. The molecular formula is C24H23N4O3. The molecular weight excluding hydrogens is 392 g/mol. The van der Waals surface area contributed by atoms with Gasteiger partial charge in [0.2, 0.25) is 5.91 Å². The van der Waals surface area contributed by atoms with Gasteiger partial charge in [-0.15, -0.1) is 0 Å². The molecule has 7 nitrogen and oxygen atoms in total. The van der Waals surface area contributed by atoms with E-state index in [0.29, 0.717) is 28.9 Å². The summed E-state index contributed by atoms with van der Waals surface area (Å²) in [7, 11) is 0. The molecule has 0 fully saturated rings. The molecule has 3 rings (SSSR count). The lowest BCUT2D eigenvalue weighted by molar-refractivity contribution is 0.0919. The molecule has 0 spiro atoms. The molecule has 1 radical (unpaired) electrons. The summed E-state index contributed by atoms with van der Waals surface area (Å²) in [5, 5.41) is 5.60. The van der Waals surface area contributed by atoms with Crippen LogP contribution in [-0.4, -0.2) is 24.3 Å². The number of nitrogens with two attached hydrogens (primary N) is 1. The number of benzene rings is 3. The Morgan fingerprint density at radius 2 is 1.16 bits per heavy atom. The van der Waals surface area contributed by atoms with Gasteiger partial charge in [0.25, 0.3) is 18.1 Å². The van der Waals surface area contributed by atoms with E-state index in [0.717, 1.165) is 0 Å². The number of carbonyl (C=O) groups is 3. The van der Waals surface area contributed by atoms with Gasteiger partial charge in [0.1, 0.15) is 0 Å². The third-order valence-corrected chi connectivity index (χ3v) is 4.59. The second-order valence-corrected chi connectivity index (χ2v) is 6.64. The monoisotopic (exact) mass is 415 g/mol. The molecule has 31 heavy (non-hydrogen) atoms. The van der Waals surface area contributed by atoms with Crippen LogP contribution in [0, 0.1) is 6.29 Å². The van der Waals surface area contributed by atoms with Crippen LogP contribution in [0.15, 0.2) is 84.9 Å². The highest BCUT2D eigenvalue weighted by atomic mass is 16.2. The van der Waals surface area contributed by atoms with Crippen LogP contribution in [0.4, 0.5) is 5.69 Å². The fraction of sp³-hybridized carbons (Fsp3) is 0.0833. The van der Waals surface area contributed by atoms with Gasteiger partial charge in [-0.05, 0) is 55.5 Å². The van der Waals surface area contributed by atoms with E-state index in [2.05, 4.69) is 10.6 Å². The molecule has 157 valence electrons. The van der Waals surface area contributed by atoms with E-state index in [4.69, 9.17) is 5.73 Å². The second-order valence-electron chi connectivity index (χ2n) is 6.64. The molecule has 0 saturated carbocycles. The summed E-state index contributed by atoms with van der Waals surface area (Å²) in [6, 6.07) is 24.0. The van der Waals surface area contributed by atoms with Crippen molar-refractivity contribution < 1.29 is 14.4 Å². The lowest BCUT2D eigenvalue weighted by atomic mass is 10.1. The minimum Gasteiger partial charge on any atom is -0.366 e. The number of hydrogen-bond donors (Lipinski definition) is 3. The van der Waals surface area contributed by atoms with Crippen molar-refractivity contribution >= 4 is 23.4 Å². The van der Waals surface area contributed by atoms with Gasteiger partial charge in [-0.2, -0.15) is 0 Å². The van der Waals surface area contributed by atoms with Gasteiger partial charge < -0.3 is 21.3 Å². The van der Waals surface area contributed by atoms with Crippen LogP contribution >= 0.6 is 0 Å². The first-order valence-electron chi connectivity index (χ1n) is 9.76. The van der Waals surface area contributed by atoms with Gasteiger partial charge in [-0.1, -0.05) is 36.4 Å². The average Bonchev–Trinajstić information content (AvgIpc) is 2.81. The van der Waals surface area contributed by atoms with Crippen LogP contribution in [0.1, 0.15) is 38.0 Å². The Morgan fingerprint density at radius 3 is 1.55 bits per heavy atom. The minimum absolute atomic E-state index is 0.206. The molecule has 3 amide bonds. The van der Waals surface area contributed by atoms with Crippen molar-refractivity contribution in [2.75, 3.05) is 11.4 Å². The smallest absolute Gasteiger partial charge is 0.257 e. The Hall–Kier alpha value is -4.13. The maximum Gasteiger partial charge on any atom is 0.257 e. The molecule has 7 heteroatoms. The predicted octanol–water partition coefficient (Wildman–Crippen LogP) is 2.92. The van der Waals surface area contributed by atoms with E-state index in [-0.39, 0.29) is 18.1 Å². The SMILES string of the molecule is CCN([C](NC(=O)c1ccccc1)NC(=O)c1ccccc1)c1ccc(C(N)=O)cc1. The van der Waals surface area contributed by atoms with Crippen molar-refractivity contribution in [1.82, 2.24) is 10.6 Å². The van der Waals surface area contributed by atoms with Crippen molar-refractivity contribution in [1.29, 1.82) is 0 Å². The molecule has 4 N–H and O–H groups in total. The summed E-state index contributed by atoms with van der Waals surface area (Å²) in [5.74, 6) is -1.26. The number of nitrogens with one attached hydrogen (secondary N) is 2. The summed E-state index contributed by atoms with van der Waals surface area (Å²) in [6.07, 6.45) is 0.206. The summed E-state index contributed by atoms with van der Waals surface area (Å²) >= 11 is 0. The Kier molecular flexibility index (Phi) is 7.01. The van der Waals surface area contributed by atoms with Crippen molar-refractivity contribution in [2.45, 2.75) is 6.92 Å². The molecule has 0 aliphatic heterocycles. The number of nitrogens with zero attached hydrogens (tertiary/aromatic N) is 1. The quantitative estimate of drug-likeness (QED) is 0.526. The Bertz CT molecular complexity index is 984. The molecule has 0 aliphatic carbocycles. The zero-order chi connectivity index (χ0) is 22.2. The summed E-state index contributed by atoms with van der Waals surface area (Å²) in [6.45, 7) is 2.32. The molecule has 0 bridgehead atoms. The van der Waals surface area contributed by atoms with Crippen molar-refractivity contribution in [3.05, 3.63) is 108 Å². The Labute approximate surface area is 180 Å². The van der Waals surface area contributed by atoms with E-state index in [1.54, 1.807) is 77.7 Å². The molecule has 0 heterocycles. The summed E-state index contributed by atoms with van der Waals surface area (Å²) in [5.41, 5.74) is 7.26. The zero-order valence-corrected chi connectivity index (χ0v) is 17.0. The normalized spacial score (nSPS) is 10.4. The molecule has 0 aliphatic rings. The molecule has 3 aromatic carbocycles. The lowest BCUT2D eigenvalue weighted by Gasteiger charge is -2.32. The number of primary amides is 1. The van der Waals surface area contributed by atoms with Crippen molar-refractivity contribution in [3.8, 4) is 0 Å². The zero-order valence-electron chi connectivity index (χ0n) is 17.0. The topological polar surface area (TPSA) is 105 Å². The van der Waals surface area contributed by atoms with Crippen LogP contribution in [0.3, 0.4) is 0 Å². The third-order valence-electron chi connectivity index (χ3n) is 4.59. The fourth-order valence-electron chi connectivity index (χ4n) is 2.98. The average molecular weight is 415 g/mol. The highest BCUT2D eigenvalue weighted by Gasteiger charge is 2.25. The highest BCUT2D eigenvalue weighted by molar-refractivity contribution is 5.98. The van der Waals surface area contributed by atoms with Crippen LogP contribution in [0.25, 0.3) is 0 Å². The number of amides is 3. The van der Waals surface area contributed by atoms with E-state index in [9.17, 15) is 14.4 Å². The van der Waals surface area contributed by atoms with Gasteiger partial charge in [0, 0.05) is 28.9 Å². The molecule has 0 atom stereocenters. The molecule has 3 aromatic rings. The first-order valence-corrected chi connectivity index (χ1v) is 9.76. The van der Waals surface area contributed by atoms with Gasteiger partial charge in [0.05, 0.1) is 0 Å². The van der Waals surface area contributed by atoms with Crippen LogP contribution in [-0.2, 0) is 0 Å². The molecule has 0 saturated heterocycles. The number of rotatable bonds is 8. The van der Waals surface area contributed by atoms with Crippen LogP contribution in [0.5, 0.6) is 0 Å².